The van der Waals surface area contributed by atoms with Crippen molar-refractivity contribution in [2.24, 2.45) is 0 Å². The third-order valence-electron chi connectivity index (χ3n) is 6.99. The van der Waals surface area contributed by atoms with E-state index < -0.39 is 5.54 Å². The molecule has 8 heteroatoms. The summed E-state index contributed by atoms with van der Waals surface area (Å²) in [4.78, 5) is 24.3. The third-order valence-corrected chi connectivity index (χ3v) is 6.99. The van der Waals surface area contributed by atoms with Gasteiger partial charge in [0.05, 0.1) is 23.3 Å². The predicted octanol–water partition coefficient (Wildman–Crippen LogP) is 4.72. The second kappa shape index (κ2) is 7.55. The SMILES string of the molecule is Cc1nc(Nc2n[nH]c3c2CN(C(=O)N[C@@H]2C[C@H]2c2ccccc2)C3(C)C)c2ccccc2n1. The molecule has 0 unspecified atom stereocenters. The van der Waals surface area contributed by atoms with Crippen LogP contribution in [0.1, 0.15) is 48.8 Å². The Labute approximate surface area is 197 Å². The van der Waals surface area contributed by atoms with Crippen molar-refractivity contribution in [2.75, 3.05) is 5.32 Å². The molecule has 1 saturated carbocycles. The van der Waals surface area contributed by atoms with Crippen LogP contribution in [0.5, 0.6) is 0 Å². The van der Waals surface area contributed by atoms with Crippen molar-refractivity contribution in [3.05, 3.63) is 77.2 Å². The van der Waals surface area contributed by atoms with Crippen molar-refractivity contribution >= 4 is 28.6 Å². The first kappa shape index (κ1) is 20.7. The maximum atomic E-state index is 13.3. The summed E-state index contributed by atoms with van der Waals surface area (Å²) in [5, 5.41) is 15.3. The van der Waals surface area contributed by atoms with E-state index in [1.54, 1.807) is 0 Å². The molecule has 4 aromatic rings. The van der Waals surface area contributed by atoms with Crippen LogP contribution in [0.25, 0.3) is 10.9 Å². The number of aromatic amines is 1. The van der Waals surface area contributed by atoms with Crippen LogP contribution in [0.3, 0.4) is 0 Å². The Morgan fingerprint density at radius 1 is 1.06 bits per heavy atom. The number of aromatic nitrogens is 4. The van der Waals surface area contributed by atoms with E-state index in [1.165, 1.54) is 5.56 Å². The van der Waals surface area contributed by atoms with E-state index in [4.69, 9.17) is 0 Å². The van der Waals surface area contributed by atoms with Crippen molar-refractivity contribution in [3.8, 4) is 0 Å². The molecule has 6 rings (SSSR count). The summed E-state index contributed by atoms with van der Waals surface area (Å²) in [6.07, 6.45) is 0.976. The molecule has 0 radical (unpaired) electrons. The first-order valence-electron chi connectivity index (χ1n) is 11.6. The van der Waals surface area contributed by atoms with Crippen molar-refractivity contribution < 1.29 is 4.79 Å². The van der Waals surface area contributed by atoms with Crippen molar-refractivity contribution in [1.29, 1.82) is 0 Å². The van der Waals surface area contributed by atoms with Gasteiger partial charge in [-0.15, -0.1) is 0 Å². The predicted molar refractivity (Wildman–Crippen MR) is 131 cm³/mol. The van der Waals surface area contributed by atoms with Gasteiger partial charge >= 0.3 is 6.03 Å². The van der Waals surface area contributed by atoms with Crippen LogP contribution in [0.2, 0.25) is 0 Å². The number of para-hydroxylation sites is 1. The van der Waals surface area contributed by atoms with E-state index in [0.29, 0.717) is 29.9 Å². The Balaban J connectivity index is 1.22. The first-order chi connectivity index (χ1) is 16.4. The summed E-state index contributed by atoms with van der Waals surface area (Å²) in [5.41, 5.74) is 3.57. The monoisotopic (exact) mass is 453 g/mol. The van der Waals surface area contributed by atoms with Gasteiger partial charge in [-0.1, -0.05) is 42.5 Å². The Morgan fingerprint density at radius 3 is 2.65 bits per heavy atom. The highest BCUT2D eigenvalue weighted by molar-refractivity contribution is 5.91. The van der Waals surface area contributed by atoms with Gasteiger partial charge in [0.25, 0.3) is 0 Å². The number of amides is 2. The molecule has 3 N–H and O–H groups in total. The maximum absolute atomic E-state index is 13.3. The molecule has 2 atom stereocenters. The van der Waals surface area contributed by atoms with Gasteiger partial charge in [-0.2, -0.15) is 5.10 Å². The number of nitrogens with one attached hydrogen (secondary N) is 3. The molecule has 0 saturated heterocycles. The molecular formula is C26H27N7O. The number of aryl methyl sites for hydroxylation is 1. The molecule has 34 heavy (non-hydrogen) atoms. The summed E-state index contributed by atoms with van der Waals surface area (Å²) in [7, 11) is 0. The van der Waals surface area contributed by atoms with Crippen molar-refractivity contribution in [2.45, 2.75) is 51.2 Å². The Morgan fingerprint density at radius 2 is 1.82 bits per heavy atom. The quantitative estimate of drug-likeness (QED) is 0.415. The van der Waals surface area contributed by atoms with Crippen LogP contribution >= 0.6 is 0 Å². The highest BCUT2D eigenvalue weighted by Gasteiger charge is 2.46. The van der Waals surface area contributed by atoms with E-state index in [9.17, 15) is 4.79 Å². The summed E-state index contributed by atoms with van der Waals surface area (Å²) in [6, 6.07) is 18.4. The summed E-state index contributed by atoms with van der Waals surface area (Å²) >= 11 is 0. The number of H-pyrrole nitrogens is 1. The zero-order valence-electron chi connectivity index (χ0n) is 19.5. The number of nitrogens with zero attached hydrogens (tertiary/aromatic N) is 4. The normalized spacial score (nSPS) is 20.3. The molecule has 2 aromatic heterocycles. The minimum absolute atomic E-state index is 0.0488. The van der Waals surface area contributed by atoms with E-state index in [1.807, 2.05) is 68.1 Å². The number of fused-ring (bicyclic) bond motifs is 2. The standard InChI is InChI=1S/C26H27N7O/c1-15-27-20-12-8-7-11-17(20)23(28-15)30-24-19-14-33(26(2,3)22(19)31-32-24)25(34)29-21-13-18(21)16-9-5-4-6-10-16/h4-12,18,21H,13-14H2,1-3H3,(H,29,34)(H2,27,28,30,31,32)/t18-,21+/m0/s1. The van der Waals surface area contributed by atoms with E-state index >= 15 is 0 Å². The molecule has 3 heterocycles. The van der Waals surface area contributed by atoms with Crippen LogP contribution in [-0.2, 0) is 12.1 Å². The number of carbonyl (C=O) groups excluding carboxylic acids is 1. The summed E-state index contributed by atoms with van der Waals surface area (Å²) in [6.45, 7) is 6.44. The van der Waals surface area contributed by atoms with Gasteiger partial charge < -0.3 is 15.5 Å². The van der Waals surface area contributed by atoms with Crippen LogP contribution in [-0.4, -0.2) is 37.1 Å². The fraction of sp³-hybridized carbons (Fsp3) is 0.308. The van der Waals surface area contributed by atoms with Gasteiger partial charge in [0, 0.05) is 22.9 Å². The summed E-state index contributed by atoms with van der Waals surface area (Å²) in [5.74, 6) is 2.48. The number of carbonyl (C=O) groups is 1. The molecule has 2 aromatic carbocycles. The lowest BCUT2D eigenvalue weighted by molar-refractivity contribution is 0.142. The molecule has 172 valence electrons. The number of anilines is 2. The zero-order chi connectivity index (χ0) is 23.4. The average molecular weight is 454 g/mol. The average Bonchev–Trinajstić information content (AvgIpc) is 3.38. The molecule has 0 spiro atoms. The summed E-state index contributed by atoms with van der Waals surface area (Å²) < 4.78 is 0. The Kier molecular flexibility index (Phi) is 4.58. The lowest BCUT2D eigenvalue weighted by Gasteiger charge is -2.32. The molecule has 1 aliphatic heterocycles. The number of urea groups is 1. The van der Waals surface area contributed by atoms with Crippen LogP contribution in [0.4, 0.5) is 16.4 Å². The minimum atomic E-state index is -0.507. The van der Waals surface area contributed by atoms with Gasteiger partial charge in [0.15, 0.2) is 5.82 Å². The highest BCUT2D eigenvalue weighted by Crippen LogP contribution is 2.44. The molecule has 1 aliphatic carbocycles. The van der Waals surface area contributed by atoms with Gasteiger partial charge in [-0.25, -0.2) is 14.8 Å². The van der Waals surface area contributed by atoms with Crippen LogP contribution in [0.15, 0.2) is 54.6 Å². The number of benzene rings is 2. The topological polar surface area (TPSA) is 98.8 Å². The Hall–Kier alpha value is -3.94. The van der Waals surface area contributed by atoms with Gasteiger partial charge in [0.2, 0.25) is 0 Å². The molecular weight excluding hydrogens is 426 g/mol. The van der Waals surface area contributed by atoms with Crippen LogP contribution in [0, 0.1) is 6.92 Å². The number of hydrogen-bond donors (Lipinski definition) is 3. The van der Waals surface area contributed by atoms with Crippen molar-refractivity contribution in [3.63, 3.8) is 0 Å². The molecule has 8 nitrogen and oxygen atoms in total. The minimum Gasteiger partial charge on any atom is -0.335 e. The van der Waals surface area contributed by atoms with Crippen molar-refractivity contribution in [1.82, 2.24) is 30.4 Å². The smallest absolute Gasteiger partial charge is 0.318 e. The van der Waals surface area contributed by atoms with Gasteiger partial charge in [-0.3, -0.25) is 5.10 Å². The number of rotatable bonds is 4. The lowest BCUT2D eigenvalue weighted by atomic mass is 10.0. The third kappa shape index (κ3) is 3.37. The fourth-order valence-corrected chi connectivity index (χ4v) is 5.00. The van der Waals surface area contributed by atoms with E-state index in [0.717, 1.165) is 28.6 Å². The fourth-order valence-electron chi connectivity index (χ4n) is 5.00. The second-order valence-electron chi connectivity index (χ2n) is 9.64. The second-order valence-corrected chi connectivity index (χ2v) is 9.64. The first-order valence-corrected chi connectivity index (χ1v) is 11.6. The molecule has 2 amide bonds. The highest BCUT2D eigenvalue weighted by atomic mass is 16.2. The van der Waals surface area contributed by atoms with E-state index in [-0.39, 0.29) is 12.1 Å². The maximum Gasteiger partial charge on any atom is 0.318 e. The van der Waals surface area contributed by atoms with E-state index in [2.05, 4.69) is 42.9 Å². The van der Waals surface area contributed by atoms with Gasteiger partial charge in [0.1, 0.15) is 11.6 Å². The Bertz CT molecular complexity index is 1400. The lowest BCUT2D eigenvalue weighted by Crippen LogP contribution is -2.47. The molecule has 1 fully saturated rings. The zero-order valence-corrected chi connectivity index (χ0v) is 19.5. The largest absolute Gasteiger partial charge is 0.335 e. The number of hydrogen-bond acceptors (Lipinski definition) is 5. The van der Waals surface area contributed by atoms with Crippen LogP contribution < -0.4 is 10.6 Å². The molecule has 2 aliphatic rings. The molecule has 0 bridgehead atoms. The van der Waals surface area contributed by atoms with Gasteiger partial charge in [-0.05, 0) is 44.9 Å².